The Morgan fingerprint density at radius 3 is 2.52 bits per heavy atom. The lowest BCUT2D eigenvalue weighted by molar-refractivity contribution is 0.287. The Bertz CT molecular complexity index is 1230. The summed E-state index contributed by atoms with van der Waals surface area (Å²) in [6.07, 6.45) is 0. The lowest BCUT2D eigenvalue weighted by Crippen LogP contribution is -2.21. The zero-order valence-electron chi connectivity index (χ0n) is 18.8. The number of nitrogens with one attached hydrogen (secondary N) is 1. The van der Waals surface area contributed by atoms with Gasteiger partial charge < -0.3 is 24.7 Å². The number of H-pyrrole nitrogens is 1. The smallest absolute Gasteiger partial charge is 0.244 e. The molecule has 3 N–H and O–H groups in total. The Morgan fingerprint density at radius 2 is 1.79 bits per heavy atom. The van der Waals surface area contributed by atoms with E-state index in [1.807, 2.05) is 63.2 Å². The molecule has 0 spiro atoms. The van der Waals surface area contributed by atoms with Crippen LogP contribution in [0.3, 0.4) is 0 Å². The van der Waals surface area contributed by atoms with E-state index in [9.17, 15) is 5.26 Å². The Labute approximate surface area is 192 Å². The second-order valence-corrected chi connectivity index (χ2v) is 7.28. The van der Waals surface area contributed by atoms with E-state index in [1.54, 1.807) is 0 Å². The lowest BCUT2D eigenvalue weighted by atomic mass is 9.83. The number of nitriles is 1. The summed E-state index contributed by atoms with van der Waals surface area (Å²) in [5.41, 5.74) is 9.55. The molecular weight excluding hydrogens is 420 g/mol. The molecule has 3 aromatic rings. The van der Waals surface area contributed by atoms with Crippen LogP contribution in [0, 0.1) is 11.3 Å². The summed E-state index contributed by atoms with van der Waals surface area (Å²) in [6.45, 7) is 7.31. The molecule has 0 aliphatic carbocycles. The molecule has 1 aromatic heterocycles. The molecule has 1 atom stereocenters. The molecule has 1 aliphatic heterocycles. The summed E-state index contributed by atoms with van der Waals surface area (Å²) in [5, 5.41) is 17.4. The minimum atomic E-state index is -0.502. The van der Waals surface area contributed by atoms with E-state index in [1.165, 1.54) is 0 Å². The second kappa shape index (κ2) is 9.57. The van der Waals surface area contributed by atoms with Crippen molar-refractivity contribution in [3.8, 4) is 40.5 Å². The fourth-order valence-corrected chi connectivity index (χ4v) is 3.95. The van der Waals surface area contributed by atoms with Crippen molar-refractivity contribution in [1.82, 2.24) is 10.2 Å². The van der Waals surface area contributed by atoms with Gasteiger partial charge in [0, 0.05) is 5.56 Å². The number of hydrogen-bond acceptors (Lipinski definition) is 7. The topological polar surface area (TPSA) is 115 Å². The van der Waals surface area contributed by atoms with Gasteiger partial charge in [0.15, 0.2) is 11.5 Å². The minimum absolute atomic E-state index is 0.0305. The highest BCUT2D eigenvalue weighted by Crippen LogP contribution is 2.47. The van der Waals surface area contributed by atoms with E-state index in [2.05, 4.69) is 16.3 Å². The fourth-order valence-electron chi connectivity index (χ4n) is 3.95. The van der Waals surface area contributed by atoms with Crippen LogP contribution in [-0.4, -0.2) is 30.0 Å². The minimum Gasteiger partial charge on any atom is -0.494 e. The number of allylic oxidation sites excluding steroid dienone is 1. The highest BCUT2D eigenvalue weighted by Gasteiger charge is 2.36. The van der Waals surface area contributed by atoms with Crippen LogP contribution in [0.25, 0.3) is 11.3 Å². The zero-order valence-corrected chi connectivity index (χ0v) is 18.8. The molecule has 0 radical (unpaired) electrons. The average molecular weight is 447 g/mol. The van der Waals surface area contributed by atoms with Crippen molar-refractivity contribution in [2.45, 2.75) is 26.7 Å². The van der Waals surface area contributed by atoms with Gasteiger partial charge in [0.1, 0.15) is 17.4 Å². The molecule has 0 amide bonds. The average Bonchev–Trinajstić information content (AvgIpc) is 3.23. The number of fused-ring (bicyclic) bond motifs is 1. The molecule has 0 bridgehead atoms. The first kappa shape index (κ1) is 22.1. The highest BCUT2D eigenvalue weighted by atomic mass is 16.5. The Hall–Kier alpha value is -4.12. The number of benzene rings is 2. The molecule has 2 aromatic carbocycles. The molecule has 0 saturated carbocycles. The van der Waals surface area contributed by atoms with Gasteiger partial charge in [0.2, 0.25) is 11.8 Å². The Morgan fingerprint density at radius 1 is 1.03 bits per heavy atom. The van der Waals surface area contributed by atoms with Crippen molar-refractivity contribution in [2.24, 2.45) is 5.73 Å². The summed E-state index contributed by atoms with van der Waals surface area (Å²) in [6, 6.07) is 15.5. The zero-order chi connectivity index (χ0) is 23.4. The first-order valence-corrected chi connectivity index (χ1v) is 10.9. The number of ether oxygens (including phenoxy) is 4. The SMILES string of the molecule is CCOc1cccc(-c2[nH]nc3c2C(c2ccc(OCC)c(OCC)c2)C(C#N)=C(N)O3)c1. The van der Waals surface area contributed by atoms with Gasteiger partial charge in [-0.25, -0.2) is 0 Å². The van der Waals surface area contributed by atoms with Gasteiger partial charge in [0.25, 0.3) is 0 Å². The van der Waals surface area contributed by atoms with Crippen LogP contribution in [0.2, 0.25) is 0 Å². The van der Waals surface area contributed by atoms with E-state index in [-0.39, 0.29) is 5.88 Å². The number of aromatic nitrogens is 2. The van der Waals surface area contributed by atoms with Gasteiger partial charge >= 0.3 is 0 Å². The normalized spacial score (nSPS) is 14.8. The molecule has 170 valence electrons. The van der Waals surface area contributed by atoms with Crippen molar-refractivity contribution in [1.29, 1.82) is 5.26 Å². The van der Waals surface area contributed by atoms with E-state index in [0.29, 0.717) is 42.8 Å². The van der Waals surface area contributed by atoms with Crippen molar-refractivity contribution < 1.29 is 18.9 Å². The van der Waals surface area contributed by atoms with Crippen LogP contribution >= 0.6 is 0 Å². The van der Waals surface area contributed by atoms with Gasteiger partial charge in [-0.15, -0.1) is 5.10 Å². The second-order valence-electron chi connectivity index (χ2n) is 7.28. The number of hydrogen-bond donors (Lipinski definition) is 2. The van der Waals surface area contributed by atoms with Crippen LogP contribution < -0.4 is 24.7 Å². The molecule has 1 aliphatic rings. The van der Waals surface area contributed by atoms with E-state index in [4.69, 9.17) is 24.7 Å². The molecule has 8 heteroatoms. The molecule has 33 heavy (non-hydrogen) atoms. The molecule has 0 saturated heterocycles. The summed E-state index contributed by atoms with van der Waals surface area (Å²) < 4.78 is 22.9. The highest BCUT2D eigenvalue weighted by molar-refractivity contribution is 5.72. The molecule has 2 heterocycles. The Balaban J connectivity index is 1.88. The fraction of sp³-hybridized carbons (Fsp3) is 0.280. The standard InChI is InChI=1S/C25H26N4O4/c1-4-30-17-9-7-8-16(12-17)23-22-21(18(14-26)24(27)33-25(22)29-28-23)15-10-11-19(31-5-2)20(13-15)32-6-3/h7-13,21H,4-6,27H2,1-3H3,(H,28,29). The van der Waals surface area contributed by atoms with E-state index < -0.39 is 5.92 Å². The van der Waals surface area contributed by atoms with Gasteiger partial charge in [-0.2, -0.15) is 5.26 Å². The number of nitrogens with two attached hydrogens (primary N) is 1. The van der Waals surface area contributed by atoms with Crippen molar-refractivity contribution in [2.75, 3.05) is 19.8 Å². The van der Waals surface area contributed by atoms with E-state index in [0.717, 1.165) is 28.1 Å². The monoisotopic (exact) mass is 446 g/mol. The maximum absolute atomic E-state index is 9.97. The Kier molecular flexibility index (Phi) is 6.41. The third-order valence-electron chi connectivity index (χ3n) is 5.27. The summed E-state index contributed by atoms with van der Waals surface area (Å²) >= 11 is 0. The van der Waals surface area contributed by atoms with Crippen LogP contribution in [0.15, 0.2) is 53.9 Å². The summed E-state index contributed by atoms with van der Waals surface area (Å²) in [7, 11) is 0. The molecule has 0 fully saturated rings. The largest absolute Gasteiger partial charge is 0.494 e. The molecule has 1 unspecified atom stereocenters. The van der Waals surface area contributed by atoms with Crippen molar-refractivity contribution >= 4 is 0 Å². The number of nitrogens with zero attached hydrogens (tertiary/aromatic N) is 2. The van der Waals surface area contributed by atoms with Crippen LogP contribution in [-0.2, 0) is 0 Å². The first-order chi connectivity index (χ1) is 16.1. The van der Waals surface area contributed by atoms with Crippen molar-refractivity contribution in [3.63, 3.8) is 0 Å². The van der Waals surface area contributed by atoms with Crippen molar-refractivity contribution in [3.05, 3.63) is 65.0 Å². The van der Waals surface area contributed by atoms with Gasteiger partial charge in [0.05, 0.1) is 37.0 Å². The van der Waals surface area contributed by atoms with Gasteiger partial charge in [-0.3, -0.25) is 5.10 Å². The predicted molar refractivity (Wildman–Crippen MR) is 123 cm³/mol. The first-order valence-electron chi connectivity index (χ1n) is 10.9. The van der Waals surface area contributed by atoms with Gasteiger partial charge in [-0.05, 0) is 50.6 Å². The quantitative estimate of drug-likeness (QED) is 0.524. The maximum Gasteiger partial charge on any atom is 0.244 e. The molecule has 4 rings (SSSR count). The third kappa shape index (κ3) is 4.17. The van der Waals surface area contributed by atoms with Crippen LogP contribution in [0.4, 0.5) is 0 Å². The third-order valence-corrected chi connectivity index (χ3v) is 5.27. The summed E-state index contributed by atoms with van der Waals surface area (Å²) in [5.74, 6) is 1.84. The van der Waals surface area contributed by atoms with E-state index >= 15 is 0 Å². The predicted octanol–water partition coefficient (Wildman–Crippen LogP) is 4.49. The summed E-state index contributed by atoms with van der Waals surface area (Å²) in [4.78, 5) is 0. The maximum atomic E-state index is 9.97. The molecular formula is C25H26N4O4. The molecule has 8 nitrogen and oxygen atoms in total. The lowest BCUT2D eigenvalue weighted by Gasteiger charge is -2.25. The van der Waals surface area contributed by atoms with Crippen LogP contribution in [0.5, 0.6) is 23.1 Å². The van der Waals surface area contributed by atoms with Gasteiger partial charge in [-0.1, -0.05) is 18.2 Å². The number of rotatable bonds is 8. The van der Waals surface area contributed by atoms with Crippen LogP contribution in [0.1, 0.15) is 37.8 Å². The number of aromatic amines is 1.